The smallest absolute Gasteiger partial charge is 0.340 e. The largest absolute Gasteiger partial charge is 0.497 e. The summed E-state index contributed by atoms with van der Waals surface area (Å²) in [4.78, 5) is 46.2. The van der Waals surface area contributed by atoms with E-state index in [9.17, 15) is 14.4 Å². The molecule has 0 aliphatic carbocycles. The molecule has 0 saturated heterocycles. The zero-order chi connectivity index (χ0) is 25.1. The van der Waals surface area contributed by atoms with Gasteiger partial charge in [0.05, 0.1) is 30.6 Å². The summed E-state index contributed by atoms with van der Waals surface area (Å²) < 4.78 is 12.0. The second-order valence-corrected chi connectivity index (χ2v) is 8.09. The number of benzene rings is 1. The lowest BCUT2D eigenvalue weighted by Crippen LogP contribution is -2.35. The molecule has 3 heterocycles. The van der Waals surface area contributed by atoms with Crippen molar-refractivity contribution in [1.29, 1.82) is 0 Å². The lowest BCUT2D eigenvalue weighted by Gasteiger charge is -2.32. The zero-order valence-corrected chi connectivity index (χ0v) is 20.2. The summed E-state index contributed by atoms with van der Waals surface area (Å²) >= 11 is 0. The summed E-state index contributed by atoms with van der Waals surface area (Å²) in [7, 11) is 1.53. The van der Waals surface area contributed by atoms with Crippen LogP contribution >= 0.6 is 0 Å². The van der Waals surface area contributed by atoms with E-state index in [2.05, 4.69) is 0 Å². The van der Waals surface area contributed by atoms with Gasteiger partial charge in [-0.05, 0) is 50.1 Å². The number of fused-ring (bicyclic) bond motifs is 2. The molecule has 0 atom stereocenters. The maximum Gasteiger partial charge on any atom is 0.340 e. The van der Waals surface area contributed by atoms with E-state index in [4.69, 9.17) is 14.5 Å². The number of carbonyl (C=O) groups is 2. The Labute approximate surface area is 203 Å². The van der Waals surface area contributed by atoms with Gasteiger partial charge in [0.25, 0.3) is 5.56 Å². The van der Waals surface area contributed by atoms with Gasteiger partial charge in [0, 0.05) is 24.4 Å². The van der Waals surface area contributed by atoms with Crippen LogP contribution in [-0.2, 0) is 9.53 Å². The Balaban J connectivity index is 1.97. The Kier molecular flexibility index (Phi) is 6.82. The van der Waals surface area contributed by atoms with E-state index in [0.29, 0.717) is 41.4 Å². The first-order valence-electron chi connectivity index (χ1n) is 11.5. The highest BCUT2D eigenvalue weighted by atomic mass is 16.5. The molecule has 4 rings (SSSR count). The van der Waals surface area contributed by atoms with Gasteiger partial charge in [-0.3, -0.25) is 14.0 Å². The number of ether oxygens (including phenoxy) is 2. The quantitative estimate of drug-likeness (QED) is 0.292. The van der Waals surface area contributed by atoms with Crippen molar-refractivity contribution in [3.05, 3.63) is 87.0 Å². The number of carbonyl (C=O) groups excluding carboxylic acids is 2. The maximum atomic E-state index is 13.4. The van der Waals surface area contributed by atoms with Crippen LogP contribution < -0.4 is 15.2 Å². The monoisotopic (exact) mass is 473 g/mol. The summed E-state index contributed by atoms with van der Waals surface area (Å²) in [6, 6.07) is 10.4. The predicted octanol–water partition coefficient (Wildman–Crippen LogP) is 3.95. The van der Waals surface area contributed by atoms with Crippen LogP contribution in [0.25, 0.3) is 11.7 Å². The Morgan fingerprint density at radius 3 is 2.66 bits per heavy atom. The van der Waals surface area contributed by atoms with Crippen molar-refractivity contribution in [2.24, 2.45) is 0 Å². The van der Waals surface area contributed by atoms with Crippen LogP contribution in [0.4, 0.5) is 5.82 Å². The van der Waals surface area contributed by atoms with Crippen LogP contribution in [0, 0.1) is 6.92 Å². The van der Waals surface area contributed by atoms with Crippen molar-refractivity contribution >= 4 is 29.3 Å². The number of hydrogen-bond acceptors (Lipinski definition) is 7. The predicted molar refractivity (Wildman–Crippen MR) is 134 cm³/mol. The molecule has 0 N–H and O–H groups in total. The van der Waals surface area contributed by atoms with Crippen LogP contribution in [0.2, 0.25) is 0 Å². The number of ketones is 1. The van der Waals surface area contributed by atoms with Gasteiger partial charge >= 0.3 is 5.97 Å². The molecule has 1 aliphatic heterocycles. The highest BCUT2D eigenvalue weighted by Crippen LogP contribution is 2.34. The summed E-state index contributed by atoms with van der Waals surface area (Å²) in [5, 5.41) is 0. The fourth-order valence-electron chi connectivity index (χ4n) is 4.07. The van der Waals surface area contributed by atoms with Crippen molar-refractivity contribution in [2.75, 3.05) is 25.2 Å². The topological polar surface area (TPSA) is 90.2 Å². The van der Waals surface area contributed by atoms with Crippen molar-refractivity contribution in [2.45, 2.75) is 27.2 Å². The second kappa shape index (κ2) is 9.97. The Hall–Kier alpha value is -4.20. The van der Waals surface area contributed by atoms with E-state index in [-0.39, 0.29) is 29.1 Å². The standard InChI is InChI=1S/C27H27N3O5/c1-5-12-29-22(16-23(31)18-10-7-11-19(14-18)34-4)20(27(33)35-6-2)15-21-25(29)28-24-17(3)9-8-13-30(24)26(21)32/h7-11,13-16H,5-6,12H2,1-4H3/b22-16+. The van der Waals surface area contributed by atoms with E-state index >= 15 is 0 Å². The molecule has 8 nitrogen and oxygen atoms in total. The summed E-state index contributed by atoms with van der Waals surface area (Å²) in [6.07, 6.45) is 5.22. The van der Waals surface area contributed by atoms with Gasteiger partial charge in [-0.2, -0.15) is 0 Å². The van der Waals surface area contributed by atoms with Crippen LogP contribution in [0.15, 0.2) is 64.7 Å². The van der Waals surface area contributed by atoms with Crippen molar-refractivity contribution in [3.63, 3.8) is 0 Å². The van der Waals surface area contributed by atoms with E-state index in [1.165, 1.54) is 23.7 Å². The lowest BCUT2D eigenvalue weighted by molar-refractivity contribution is -0.138. The zero-order valence-electron chi connectivity index (χ0n) is 20.2. The molecule has 8 heteroatoms. The molecule has 1 aromatic carbocycles. The average molecular weight is 474 g/mol. The third-order valence-electron chi connectivity index (χ3n) is 5.74. The van der Waals surface area contributed by atoms with E-state index in [0.717, 1.165) is 5.56 Å². The summed E-state index contributed by atoms with van der Waals surface area (Å²) in [5.74, 6) is 0.0281. The third kappa shape index (κ3) is 4.47. The first-order valence-corrected chi connectivity index (χ1v) is 11.5. The molecule has 180 valence electrons. The van der Waals surface area contributed by atoms with Crippen molar-refractivity contribution in [1.82, 2.24) is 9.38 Å². The summed E-state index contributed by atoms with van der Waals surface area (Å²) in [5.41, 5.74) is 2.21. The highest BCUT2D eigenvalue weighted by Gasteiger charge is 2.32. The summed E-state index contributed by atoms with van der Waals surface area (Å²) in [6.45, 7) is 6.15. The number of aryl methyl sites for hydroxylation is 1. The van der Waals surface area contributed by atoms with Crippen molar-refractivity contribution in [3.8, 4) is 5.75 Å². The van der Waals surface area contributed by atoms with Crippen LogP contribution in [-0.4, -0.2) is 41.4 Å². The Morgan fingerprint density at radius 1 is 1.14 bits per heavy atom. The third-order valence-corrected chi connectivity index (χ3v) is 5.74. The number of pyridine rings is 1. The molecule has 0 saturated carbocycles. The van der Waals surface area contributed by atoms with Gasteiger partial charge in [-0.1, -0.05) is 25.1 Å². The highest BCUT2D eigenvalue weighted by molar-refractivity contribution is 6.10. The van der Waals surface area contributed by atoms with Crippen LogP contribution in [0.5, 0.6) is 5.75 Å². The minimum atomic E-state index is -0.613. The first kappa shape index (κ1) is 23.9. The number of anilines is 1. The molecule has 35 heavy (non-hydrogen) atoms. The molecule has 0 bridgehead atoms. The fourth-order valence-corrected chi connectivity index (χ4v) is 4.07. The van der Waals surface area contributed by atoms with Gasteiger partial charge in [0.15, 0.2) is 5.78 Å². The van der Waals surface area contributed by atoms with Gasteiger partial charge in [0.2, 0.25) is 0 Å². The van der Waals surface area contributed by atoms with E-state index < -0.39 is 5.97 Å². The molecule has 1 aliphatic rings. The normalized spacial score (nSPS) is 14.0. The van der Waals surface area contributed by atoms with Gasteiger partial charge in [0.1, 0.15) is 17.2 Å². The average Bonchev–Trinajstić information content (AvgIpc) is 2.86. The number of hydrogen-bond donors (Lipinski definition) is 0. The van der Waals surface area contributed by atoms with Gasteiger partial charge in [-0.15, -0.1) is 0 Å². The van der Waals surface area contributed by atoms with Gasteiger partial charge in [-0.25, -0.2) is 9.78 Å². The first-order chi connectivity index (χ1) is 16.9. The maximum absolute atomic E-state index is 13.4. The molecule has 0 amide bonds. The van der Waals surface area contributed by atoms with E-state index in [1.54, 1.807) is 48.4 Å². The van der Waals surface area contributed by atoms with Crippen LogP contribution in [0.3, 0.4) is 0 Å². The van der Waals surface area contributed by atoms with Crippen LogP contribution in [0.1, 0.15) is 41.8 Å². The Morgan fingerprint density at radius 2 is 1.94 bits per heavy atom. The molecule has 0 radical (unpaired) electrons. The SMILES string of the molecule is CCCN1/C(=C/C(=O)c2cccc(OC)c2)C(C(=O)OCC)=Cc2c1nc1c(C)cccn1c2=O. The minimum absolute atomic E-state index is 0.135. The number of esters is 1. The minimum Gasteiger partial charge on any atom is -0.497 e. The number of nitrogens with zero attached hydrogens (tertiary/aromatic N) is 3. The molecular formula is C27H27N3O5. The number of aromatic nitrogens is 2. The molecule has 2 aromatic heterocycles. The fraction of sp³-hybridized carbons (Fsp3) is 0.259. The van der Waals surface area contributed by atoms with Crippen molar-refractivity contribution < 1.29 is 19.1 Å². The second-order valence-electron chi connectivity index (χ2n) is 8.09. The van der Waals surface area contributed by atoms with Gasteiger partial charge < -0.3 is 14.4 Å². The molecule has 0 spiro atoms. The van der Waals surface area contributed by atoms with E-state index in [1.807, 2.05) is 19.9 Å². The molecule has 0 fully saturated rings. The lowest BCUT2D eigenvalue weighted by atomic mass is 9.99. The number of allylic oxidation sites excluding steroid dienone is 1. The molecular weight excluding hydrogens is 446 g/mol. The number of methoxy groups -OCH3 is 1. The Bertz CT molecular complexity index is 1430. The molecule has 0 unspecified atom stereocenters. The number of rotatable bonds is 7. The molecule has 3 aromatic rings.